The molecule has 2 heteroatoms. The summed E-state index contributed by atoms with van der Waals surface area (Å²) in [6, 6.07) is 27.8. The molecule has 5 aromatic rings. The molecular formula is C24H16O2. The molecule has 0 aliphatic carbocycles. The Balaban J connectivity index is 1.86. The molecule has 0 saturated heterocycles. The topological polar surface area (TPSA) is 40.5 Å². The summed E-state index contributed by atoms with van der Waals surface area (Å²) in [6.45, 7) is 0. The van der Waals surface area contributed by atoms with E-state index in [1.165, 1.54) is 28.3 Å². The standard InChI is InChI=1S/C24H16O2/c25-20-8-9-24(26)23(14-20)21-7-3-6-17-12-18-10-15-4-1-2-5-16(15)11-19(18)13-22(17)21/h1-14,25-26H. The molecule has 0 radical (unpaired) electrons. The Morgan fingerprint density at radius 1 is 0.462 bits per heavy atom. The van der Waals surface area contributed by atoms with E-state index in [9.17, 15) is 10.2 Å². The summed E-state index contributed by atoms with van der Waals surface area (Å²) < 4.78 is 0. The molecule has 5 rings (SSSR count). The quantitative estimate of drug-likeness (QED) is 0.281. The predicted octanol–water partition coefficient (Wildman–Crippen LogP) is 6.22. The maximum absolute atomic E-state index is 10.3. The molecule has 0 aliphatic heterocycles. The van der Waals surface area contributed by atoms with Gasteiger partial charge in [-0.05, 0) is 80.3 Å². The van der Waals surface area contributed by atoms with Crippen LogP contribution in [0.1, 0.15) is 0 Å². The molecule has 0 aromatic heterocycles. The molecule has 0 saturated carbocycles. The Hall–Kier alpha value is -3.52. The zero-order valence-corrected chi connectivity index (χ0v) is 14.0. The molecule has 26 heavy (non-hydrogen) atoms. The number of hydrogen-bond acceptors (Lipinski definition) is 2. The molecule has 2 N–H and O–H groups in total. The molecule has 0 spiro atoms. The third-order valence-electron chi connectivity index (χ3n) is 4.97. The highest BCUT2D eigenvalue weighted by Gasteiger charge is 2.10. The molecule has 0 heterocycles. The predicted molar refractivity (Wildman–Crippen MR) is 108 cm³/mol. The minimum absolute atomic E-state index is 0.140. The van der Waals surface area contributed by atoms with E-state index in [2.05, 4.69) is 48.5 Å². The third kappa shape index (κ3) is 2.27. The monoisotopic (exact) mass is 336 g/mol. The normalized spacial score (nSPS) is 11.4. The number of hydrogen-bond donors (Lipinski definition) is 2. The first-order chi connectivity index (χ1) is 12.7. The second-order valence-corrected chi connectivity index (χ2v) is 6.63. The molecule has 0 aliphatic rings. The second-order valence-electron chi connectivity index (χ2n) is 6.63. The van der Waals surface area contributed by atoms with Gasteiger partial charge in [-0.1, -0.05) is 42.5 Å². The van der Waals surface area contributed by atoms with Crippen LogP contribution in [0.15, 0.2) is 84.9 Å². The molecule has 5 aromatic carbocycles. The first kappa shape index (κ1) is 14.8. The summed E-state index contributed by atoms with van der Waals surface area (Å²) in [6.07, 6.45) is 0. The summed E-state index contributed by atoms with van der Waals surface area (Å²) in [5, 5.41) is 27.1. The summed E-state index contributed by atoms with van der Waals surface area (Å²) in [5.74, 6) is 0.301. The van der Waals surface area contributed by atoms with Crippen LogP contribution in [0.2, 0.25) is 0 Å². The third-order valence-corrected chi connectivity index (χ3v) is 4.97. The van der Waals surface area contributed by atoms with E-state index in [-0.39, 0.29) is 11.5 Å². The van der Waals surface area contributed by atoms with Crippen LogP contribution >= 0.6 is 0 Å². The number of aromatic hydroxyl groups is 2. The zero-order chi connectivity index (χ0) is 17.7. The fourth-order valence-corrected chi connectivity index (χ4v) is 3.69. The van der Waals surface area contributed by atoms with E-state index in [0.717, 1.165) is 21.7 Å². The van der Waals surface area contributed by atoms with Crippen molar-refractivity contribution in [3.63, 3.8) is 0 Å². The van der Waals surface area contributed by atoms with Gasteiger partial charge in [0, 0.05) is 5.56 Å². The van der Waals surface area contributed by atoms with Crippen molar-refractivity contribution in [3.05, 3.63) is 84.9 Å². The zero-order valence-electron chi connectivity index (χ0n) is 14.0. The Morgan fingerprint density at radius 3 is 1.88 bits per heavy atom. The number of phenols is 2. The van der Waals surface area contributed by atoms with Crippen molar-refractivity contribution in [2.75, 3.05) is 0 Å². The highest BCUT2D eigenvalue weighted by Crippen LogP contribution is 2.38. The molecule has 124 valence electrons. The molecular weight excluding hydrogens is 320 g/mol. The fourth-order valence-electron chi connectivity index (χ4n) is 3.69. The number of benzene rings is 5. The summed E-state index contributed by atoms with van der Waals surface area (Å²) in [5.41, 5.74) is 1.54. The van der Waals surface area contributed by atoms with Gasteiger partial charge in [0.25, 0.3) is 0 Å². The first-order valence-electron chi connectivity index (χ1n) is 8.57. The van der Waals surface area contributed by atoms with Gasteiger partial charge in [-0.3, -0.25) is 0 Å². The van der Waals surface area contributed by atoms with Crippen LogP contribution in [0, 0.1) is 0 Å². The first-order valence-corrected chi connectivity index (χ1v) is 8.57. The van der Waals surface area contributed by atoms with Crippen LogP contribution in [0.5, 0.6) is 11.5 Å². The van der Waals surface area contributed by atoms with Crippen molar-refractivity contribution in [1.82, 2.24) is 0 Å². The van der Waals surface area contributed by atoms with Crippen LogP contribution in [0.3, 0.4) is 0 Å². The lowest BCUT2D eigenvalue weighted by molar-refractivity contribution is 0.462. The van der Waals surface area contributed by atoms with E-state index >= 15 is 0 Å². The van der Waals surface area contributed by atoms with Crippen LogP contribution in [0.4, 0.5) is 0 Å². The lowest BCUT2D eigenvalue weighted by Gasteiger charge is -2.11. The lowest BCUT2D eigenvalue weighted by atomic mass is 9.94. The van der Waals surface area contributed by atoms with Crippen LogP contribution in [-0.2, 0) is 0 Å². The van der Waals surface area contributed by atoms with Gasteiger partial charge in [0.1, 0.15) is 11.5 Å². The minimum Gasteiger partial charge on any atom is -0.508 e. The maximum Gasteiger partial charge on any atom is 0.123 e. The average Bonchev–Trinajstić information content (AvgIpc) is 2.66. The minimum atomic E-state index is 0.140. The molecule has 0 amide bonds. The smallest absolute Gasteiger partial charge is 0.123 e. The largest absolute Gasteiger partial charge is 0.508 e. The van der Waals surface area contributed by atoms with Crippen molar-refractivity contribution in [1.29, 1.82) is 0 Å². The summed E-state index contributed by atoms with van der Waals surface area (Å²) in [4.78, 5) is 0. The van der Waals surface area contributed by atoms with Crippen LogP contribution in [0.25, 0.3) is 43.4 Å². The van der Waals surface area contributed by atoms with Gasteiger partial charge in [0.15, 0.2) is 0 Å². The average molecular weight is 336 g/mol. The fraction of sp³-hybridized carbons (Fsp3) is 0. The van der Waals surface area contributed by atoms with Crippen molar-refractivity contribution in [3.8, 4) is 22.6 Å². The Morgan fingerprint density at radius 2 is 1.12 bits per heavy atom. The summed E-state index contributed by atoms with van der Waals surface area (Å²) in [7, 11) is 0. The van der Waals surface area contributed by atoms with E-state index in [1.807, 2.05) is 18.2 Å². The van der Waals surface area contributed by atoms with Crippen molar-refractivity contribution < 1.29 is 10.2 Å². The second kappa shape index (κ2) is 5.50. The maximum atomic E-state index is 10.3. The van der Waals surface area contributed by atoms with Gasteiger partial charge in [0.05, 0.1) is 0 Å². The lowest BCUT2D eigenvalue weighted by Crippen LogP contribution is -1.84. The van der Waals surface area contributed by atoms with Gasteiger partial charge >= 0.3 is 0 Å². The van der Waals surface area contributed by atoms with Gasteiger partial charge in [-0.2, -0.15) is 0 Å². The molecule has 0 unspecified atom stereocenters. The Bertz CT molecular complexity index is 1300. The molecule has 0 atom stereocenters. The van der Waals surface area contributed by atoms with Crippen LogP contribution < -0.4 is 0 Å². The SMILES string of the molecule is Oc1ccc(O)c(-c2cccc3cc4cc5ccccc5cc4cc23)c1. The van der Waals surface area contributed by atoms with E-state index < -0.39 is 0 Å². The van der Waals surface area contributed by atoms with E-state index in [0.29, 0.717) is 5.56 Å². The molecule has 0 bridgehead atoms. The van der Waals surface area contributed by atoms with Gasteiger partial charge in [0.2, 0.25) is 0 Å². The highest BCUT2D eigenvalue weighted by atomic mass is 16.3. The highest BCUT2D eigenvalue weighted by molar-refractivity contribution is 6.08. The van der Waals surface area contributed by atoms with Gasteiger partial charge in [-0.25, -0.2) is 0 Å². The number of rotatable bonds is 1. The van der Waals surface area contributed by atoms with Crippen molar-refractivity contribution in [2.24, 2.45) is 0 Å². The van der Waals surface area contributed by atoms with Gasteiger partial charge < -0.3 is 10.2 Å². The van der Waals surface area contributed by atoms with E-state index in [4.69, 9.17) is 0 Å². The Kier molecular flexibility index (Phi) is 3.13. The summed E-state index contributed by atoms with van der Waals surface area (Å²) >= 11 is 0. The number of fused-ring (bicyclic) bond motifs is 3. The van der Waals surface area contributed by atoms with Crippen molar-refractivity contribution in [2.45, 2.75) is 0 Å². The molecule has 0 fully saturated rings. The number of phenolic OH excluding ortho intramolecular Hbond substituents is 2. The van der Waals surface area contributed by atoms with E-state index in [1.54, 1.807) is 6.07 Å². The van der Waals surface area contributed by atoms with Crippen molar-refractivity contribution >= 4 is 32.3 Å². The molecule has 2 nitrogen and oxygen atoms in total. The Labute approximate surface area is 150 Å². The van der Waals surface area contributed by atoms with Gasteiger partial charge in [-0.15, -0.1) is 0 Å². The van der Waals surface area contributed by atoms with Crippen LogP contribution in [-0.4, -0.2) is 10.2 Å².